The quantitative estimate of drug-likeness (QED) is 0.207. The number of nitrogens with zero attached hydrogens (tertiary/aromatic N) is 1. The highest BCUT2D eigenvalue weighted by Gasteiger charge is 2.88. The topological polar surface area (TPSA) is 131 Å². The molecule has 2 amide bonds. The fourth-order valence-corrected chi connectivity index (χ4v) is 20.6. The van der Waals surface area contributed by atoms with Gasteiger partial charge in [-0.1, -0.05) is 125 Å². The van der Waals surface area contributed by atoms with Gasteiger partial charge in [-0.15, -0.1) is 0 Å². The number of hydrogen-bond acceptors (Lipinski definition) is 7. The third-order valence-corrected chi connectivity index (χ3v) is 22.5. The van der Waals surface area contributed by atoms with Crippen molar-refractivity contribution >= 4 is 40.6 Å². The zero-order chi connectivity index (χ0) is 51.7. The molecular formula is C62H90N2O8. The van der Waals surface area contributed by atoms with Crippen LogP contribution in [0.5, 0.6) is 5.75 Å². The fraction of sp³-hybridized carbons (Fsp3) is 0.774. The number of carbonyl (C=O) groups excluding carboxylic acids is 3. The highest BCUT2D eigenvalue weighted by atomic mass is 16.6. The van der Waals surface area contributed by atoms with Crippen molar-refractivity contribution in [3.63, 3.8) is 0 Å². The highest BCUT2D eigenvalue weighted by Crippen LogP contribution is 2.87. The molecule has 3 spiro atoms. The molecule has 2 aromatic carbocycles. The average molecular weight is 991 g/mol. The Morgan fingerprint density at radius 2 is 1.22 bits per heavy atom. The molecule has 7 saturated carbocycles. The summed E-state index contributed by atoms with van der Waals surface area (Å²) >= 11 is 0. The van der Waals surface area contributed by atoms with Crippen LogP contribution in [0, 0.1) is 107 Å². The first kappa shape index (κ1) is 51.7. The SMILES string of the molecule is CCC(=O)Oc1c2c(C)c(c3ccccc13)N(C(CC(=O)O)NC(=O)OC(C)(C)C)C(=O)OC13C4C(C(C)C)CCC(C)C5CCC(C)C6CCC(C)C(CCC(C)C7CCC(C)C8CCC(C)C(C24)C781)C563. The normalized spacial score (nSPS) is 41.6. The smallest absolute Gasteiger partial charge is 0.416 e. The average Bonchev–Trinajstić information content (AvgIpc) is 3.55. The van der Waals surface area contributed by atoms with E-state index in [0.29, 0.717) is 69.6 Å². The van der Waals surface area contributed by atoms with Gasteiger partial charge >= 0.3 is 24.1 Å². The molecule has 4 bridgehead atoms. The van der Waals surface area contributed by atoms with Crippen LogP contribution in [0.2, 0.25) is 0 Å². The number of fused-ring (bicyclic) bond motifs is 6. The van der Waals surface area contributed by atoms with Crippen molar-refractivity contribution in [2.24, 2.45) is 99.6 Å². The zero-order valence-electron chi connectivity index (χ0n) is 46.3. The number of alkyl carbamates (subject to hydrolysis) is 1. The number of carboxylic acid groups (broad SMARTS) is 1. The molecule has 7 fully saturated rings. The monoisotopic (exact) mass is 991 g/mol. The molecule has 0 aromatic heterocycles. The van der Waals surface area contributed by atoms with Gasteiger partial charge in [0.1, 0.15) is 23.1 Å². The number of anilines is 1. The molecule has 10 rings (SSSR count). The Balaban J connectivity index is 1.46. The summed E-state index contributed by atoms with van der Waals surface area (Å²) in [6.45, 7) is 29.5. The Morgan fingerprint density at radius 3 is 1.71 bits per heavy atom. The van der Waals surface area contributed by atoms with Gasteiger partial charge in [-0.25, -0.2) is 9.59 Å². The first-order chi connectivity index (χ1) is 34.1. The second kappa shape index (κ2) is 18.5. The number of rotatable bonds is 7. The van der Waals surface area contributed by atoms with Gasteiger partial charge in [0.2, 0.25) is 0 Å². The van der Waals surface area contributed by atoms with Gasteiger partial charge < -0.3 is 19.3 Å². The van der Waals surface area contributed by atoms with Gasteiger partial charge in [0.05, 0.1) is 12.1 Å². The number of nitrogens with one attached hydrogen (secondary N) is 1. The summed E-state index contributed by atoms with van der Waals surface area (Å²) in [7, 11) is 0. The number of carbonyl (C=O) groups is 4. The van der Waals surface area contributed by atoms with Gasteiger partial charge in [0, 0.05) is 39.5 Å². The van der Waals surface area contributed by atoms with Crippen molar-refractivity contribution in [2.45, 2.75) is 203 Å². The molecular weight excluding hydrogens is 901 g/mol. The molecule has 19 unspecified atom stereocenters. The third kappa shape index (κ3) is 7.23. The van der Waals surface area contributed by atoms with Gasteiger partial charge in [-0.3, -0.25) is 19.8 Å². The van der Waals surface area contributed by atoms with Crippen molar-refractivity contribution < 1.29 is 38.5 Å². The summed E-state index contributed by atoms with van der Waals surface area (Å²) in [5, 5.41) is 15.3. The molecule has 10 nitrogen and oxygen atoms in total. The number of hydrogen-bond donors (Lipinski definition) is 2. The number of esters is 1. The van der Waals surface area contributed by atoms with Crippen LogP contribution in [0.15, 0.2) is 24.3 Å². The Labute approximate surface area is 431 Å². The molecule has 10 heteroatoms. The molecule has 72 heavy (non-hydrogen) atoms. The lowest BCUT2D eigenvalue weighted by atomic mass is 9.28. The van der Waals surface area contributed by atoms with Gasteiger partial charge in [-0.05, 0) is 161 Å². The molecule has 396 valence electrons. The van der Waals surface area contributed by atoms with Gasteiger partial charge in [0.25, 0.3) is 0 Å². The molecule has 19 atom stereocenters. The molecule has 2 N–H and O–H groups in total. The highest BCUT2D eigenvalue weighted by molar-refractivity contribution is 6.08. The van der Waals surface area contributed by atoms with Crippen LogP contribution in [-0.2, 0) is 19.1 Å². The van der Waals surface area contributed by atoms with Crippen molar-refractivity contribution in [1.82, 2.24) is 5.32 Å². The molecule has 2 aromatic rings. The van der Waals surface area contributed by atoms with Crippen LogP contribution in [0.4, 0.5) is 15.3 Å². The molecule has 0 radical (unpaired) electrons. The lowest BCUT2D eigenvalue weighted by Crippen LogP contribution is -2.80. The first-order valence-corrected chi connectivity index (χ1v) is 29.1. The van der Waals surface area contributed by atoms with E-state index in [1.807, 2.05) is 31.2 Å². The van der Waals surface area contributed by atoms with Crippen LogP contribution in [0.3, 0.4) is 0 Å². The summed E-state index contributed by atoms with van der Waals surface area (Å²) in [6.07, 6.45) is 10.2. The van der Waals surface area contributed by atoms with E-state index in [4.69, 9.17) is 14.2 Å². The van der Waals surface area contributed by atoms with Crippen LogP contribution < -0.4 is 15.0 Å². The summed E-state index contributed by atoms with van der Waals surface area (Å²) in [5.41, 5.74) is -0.475. The second-order valence-corrected chi connectivity index (χ2v) is 27.0. The summed E-state index contributed by atoms with van der Waals surface area (Å²) in [6, 6.07) is 7.89. The van der Waals surface area contributed by atoms with Crippen molar-refractivity contribution in [1.29, 1.82) is 0 Å². The lowest BCUT2D eigenvalue weighted by molar-refractivity contribution is -0.345. The second-order valence-electron chi connectivity index (χ2n) is 27.0. The first-order valence-electron chi connectivity index (χ1n) is 29.1. The van der Waals surface area contributed by atoms with Gasteiger partial charge in [-0.2, -0.15) is 0 Å². The number of aliphatic carboxylic acids is 1. The molecule has 1 aliphatic heterocycles. The standard InChI is InChI=1S/C62H90N2O8/c1-14-50(67)70-56-42-18-16-15-17-41(42)55-39(10)51(56)52-53-38(9)24-30-47-37(8)23-29-46-36(7)22-28-45-35(6)21-27-44-34(5)20-26-43-33(4)19-25-40(32(2)3)54(52)62(60(43,44)45,61(46,47)53)72-58(69)64(55)48(31-49(65)66)63-57(68)71-59(11,12)13/h15-18,32-38,40,43-48,52-54H,14,19-31H2,1-13H3,(H,63,68)(H,65,66). The summed E-state index contributed by atoms with van der Waals surface area (Å²) in [4.78, 5) is 61.2. The largest absolute Gasteiger partial charge is 0.481 e. The Hall–Kier alpha value is -3.82. The van der Waals surface area contributed by atoms with E-state index in [1.165, 1.54) is 0 Å². The van der Waals surface area contributed by atoms with Crippen LogP contribution in [0.25, 0.3) is 10.8 Å². The maximum Gasteiger partial charge on any atom is 0.416 e. The molecule has 0 saturated heterocycles. The third-order valence-electron chi connectivity index (χ3n) is 22.5. The van der Waals surface area contributed by atoms with Crippen LogP contribution >= 0.6 is 0 Å². The molecule has 7 aliphatic carbocycles. The summed E-state index contributed by atoms with van der Waals surface area (Å²) in [5.74, 6) is 3.07. The van der Waals surface area contributed by atoms with E-state index in [0.717, 1.165) is 88.2 Å². The van der Waals surface area contributed by atoms with Crippen molar-refractivity contribution in [3.8, 4) is 5.75 Å². The summed E-state index contributed by atoms with van der Waals surface area (Å²) < 4.78 is 21.7. The maximum atomic E-state index is 17.6. The van der Waals surface area contributed by atoms with Crippen molar-refractivity contribution in [2.75, 3.05) is 4.90 Å². The van der Waals surface area contributed by atoms with E-state index < -0.39 is 52.8 Å². The molecule has 8 aliphatic rings. The van der Waals surface area contributed by atoms with E-state index in [-0.39, 0.29) is 59.7 Å². The van der Waals surface area contributed by atoms with E-state index in [9.17, 15) is 19.5 Å². The zero-order valence-corrected chi connectivity index (χ0v) is 46.3. The lowest BCUT2D eigenvalue weighted by Gasteiger charge is -2.77. The van der Waals surface area contributed by atoms with E-state index in [1.54, 1.807) is 25.7 Å². The predicted octanol–water partition coefficient (Wildman–Crippen LogP) is 14.7. The van der Waals surface area contributed by atoms with Crippen LogP contribution in [-0.4, -0.2) is 46.6 Å². The predicted molar refractivity (Wildman–Crippen MR) is 282 cm³/mol. The number of amides is 2. The molecule has 1 heterocycles. The van der Waals surface area contributed by atoms with Gasteiger partial charge in [0.15, 0.2) is 0 Å². The van der Waals surface area contributed by atoms with Crippen LogP contribution in [0.1, 0.15) is 190 Å². The number of benzene rings is 2. The Bertz CT molecular complexity index is 2460. The fourth-order valence-electron chi connectivity index (χ4n) is 20.6. The van der Waals surface area contributed by atoms with E-state index >= 15 is 4.79 Å². The number of carboxylic acids is 1. The maximum absolute atomic E-state index is 17.6. The Morgan fingerprint density at radius 1 is 0.736 bits per heavy atom. The minimum atomic E-state index is -1.39. The van der Waals surface area contributed by atoms with E-state index in [2.05, 4.69) is 67.6 Å². The minimum absolute atomic E-state index is 0.107. The minimum Gasteiger partial charge on any atom is -0.481 e. The van der Waals surface area contributed by atoms with Crippen molar-refractivity contribution in [3.05, 3.63) is 35.4 Å². The number of ether oxygens (including phenoxy) is 3. The Kier molecular flexibility index (Phi) is 13.3.